The van der Waals surface area contributed by atoms with Gasteiger partial charge < -0.3 is 10.6 Å². The fraction of sp³-hybridized carbons (Fsp3) is 0.438. The van der Waals surface area contributed by atoms with Gasteiger partial charge in [0.1, 0.15) is 0 Å². The number of hydrogen-bond acceptors (Lipinski definition) is 2. The van der Waals surface area contributed by atoms with Crippen molar-refractivity contribution < 1.29 is 4.79 Å². The van der Waals surface area contributed by atoms with Gasteiger partial charge >= 0.3 is 0 Å². The largest absolute Gasteiger partial charge is 0.352 e. The zero-order chi connectivity index (χ0) is 15.2. The van der Waals surface area contributed by atoms with Crippen LogP contribution in [0.3, 0.4) is 0 Å². The molecule has 2 N–H and O–H groups in total. The summed E-state index contributed by atoms with van der Waals surface area (Å²) in [5.74, 6) is -0.0635. The summed E-state index contributed by atoms with van der Waals surface area (Å²) in [4.78, 5) is 12.1. The molecule has 0 aliphatic carbocycles. The van der Waals surface area contributed by atoms with Crippen molar-refractivity contribution in [2.24, 2.45) is 5.92 Å². The van der Waals surface area contributed by atoms with Crippen LogP contribution >= 0.6 is 35.6 Å². The fourth-order valence-corrected chi connectivity index (χ4v) is 2.80. The summed E-state index contributed by atoms with van der Waals surface area (Å²) in [6.45, 7) is 4.43. The number of benzene rings is 1. The second-order valence-electron chi connectivity index (χ2n) is 5.38. The monoisotopic (exact) mass is 362 g/mol. The van der Waals surface area contributed by atoms with E-state index in [1.807, 2.05) is 13.0 Å². The lowest BCUT2D eigenvalue weighted by molar-refractivity contribution is -0.124. The molecule has 122 valence electrons. The first-order valence-electron chi connectivity index (χ1n) is 7.16. The molecule has 1 aliphatic heterocycles. The van der Waals surface area contributed by atoms with Crippen LogP contribution in [-0.2, 0) is 11.2 Å². The Kier molecular flexibility index (Phi) is 8.26. The lowest BCUT2D eigenvalue weighted by Crippen LogP contribution is -2.33. The van der Waals surface area contributed by atoms with Gasteiger partial charge in [-0.25, -0.2) is 0 Å². The maximum absolute atomic E-state index is 12.1. The van der Waals surface area contributed by atoms with Gasteiger partial charge in [0.15, 0.2) is 0 Å². The van der Waals surface area contributed by atoms with Crippen LogP contribution in [0.15, 0.2) is 29.8 Å². The summed E-state index contributed by atoms with van der Waals surface area (Å²) < 4.78 is 0. The zero-order valence-electron chi connectivity index (χ0n) is 12.5. The first-order chi connectivity index (χ1) is 10.1. The second-order valence-corrected chi connectivity index (χ2v) is 6.22. The van der Waals surface area contributed by atoms with Crippen molar-refractivity contribution in [1.82, 2.24) is 10.6 Å². The average Bonchev–Trinajstić information content (AvgIpc) is 2.48. The van der Waals surface area contributed by atoms with Gasteiger partial charge in [-0.1, -0.05) is 47.8 Å². The van der Waals surface area contributed by atoms with E-state index in [-0.39, 0.29) is 24.2 Å². The summed E-state index contributed by atoms with van der Waals surface area (Å²) in [6.07, 6.45) is 3.75. The number of hydrogen-bond donors (Lipinski definition) is 2. The number of nitrogens with one attached hydrogen (secondary N) is 2. The quantitative estimate of drug-likeness (QED) is 0.784. The molecule has 0 saturated heterocycles. The van der Waals surface area contributed by atoms with Crippen LogP contribution in [0.2, 0.25) is 10.0 Å². The minimum atomic E-state index is -0.119. The van der Waals surface area contributed by atoms with Crippen LogP contribution in [0.4, 0.5) is 0 Å². The molecule has 1 unspecified atom stereocenters. The summed E-state index contributed by atoms with van der Waals surface area (Å²) in [7, 11) is 0. The maximum Gasteiger partial charge on any atom is 0.223 e. The minimum absolute atomic E-state index is 0. The van der Waals surface area contributed by atoms with Crippen LogP contribution in [0.25, 0.3) is 0 Å². The highest BCUT2D eigenvalue weighted by molar-refractivity contribution is 6.35. The first-order valence-corrected chi connectivity index (χ1v) is 7.92. The molecule has 1 atom stereocenters. The number of halogens is 3. The SMILES string of the molecule is CC(Cc1ccc(Cl)cc1Cl)C(=O)NCC1=CCNCC1.Cl. The van der Waals surface area contributed by atoms with Gasteiger partial charge in [-0.2, -0.15) is 0 Å². The van der Waals surface area contributed by atoms with E-state index in [2.05, 4.69) is 16.7 Å². The summed E-state index contributed by atoms with van der Waals surface area (Å²) in [5, 5.41) is 7.48. The Morgan fingerprint density at radius 1 is 1.41 bits per heavy atom. The van der Waals surface area contributed by atoms with Crippen molar-refractivity contribution >= 4 is 41.5 Å². The maximum atomic E-state index is 12.1. The smallest absolute Gasteiger partial charge is 0.223 e. The highest BCUT2D eigenvalue weighted by atomic mass is 35.5. The van der Waals surface area contributed by atoms with Gasteiger partial charge in [-0.05, 0) is 37.1 Å². The van der Waals surface area contributed by atoms with Crippen LogP contribution in [-0.4, -0.2) is 25.5 Å². The third-order valence-electron chi connectivity index (χ3n) is 3.64. The topological polar surface area (TPSA) is 41.1 Å². The van der Waals surface area contributed by atoms with Crippen molar-refractivity contribution in [2.45, 2.75) is 19.8 Å². The van der Waals surface area contributed by atoms with E-state index >= 15 is 0 Å². The second kappa shape index (κ2) is 9.41. The number of carbonyl (C=O) groups is 1. The van der Waals surface area contributed by atoms with E-state index in [4.69, 9.17) is 23.2 Å². The lowest BCUT2D eigenvalue weighted by Gasteiger charge is -2.17. The van der Waals surface area contributed by atoms with E-state index in [1.54, 1.807) is 12.1 Å². The first kappa shape index (κ1) is 19.3. The molecule has 22 heavy (non-hydrogen) atoms. The highest BCUT2D eigenvalue weighted by Gasteiger charge is 2.15. The lowest BCUT2D eigenvalue weighted by atomic mass is 10.00. The molecule has 0 saturated carbocycles. The third kappa shape index (κ3) is 5.81. The zero-order valence-corrected chi connectivity index (χ0v) is 14.8. The van der Waals surface area contributed by atoms with Gasteiger partial charge in [0, 0.05) is 29.1 Å². The Morgan fingerprint density at radius 2 is 2.18 bits per heavy atom. The van der Waals surface area contributed by atoms with Crippen molar-refractivity contribution in [3.8, 4) is 0 Å². The van der Waals surface area contributed by atoms with Gasteiger partial charge in [0.25, 0.3) is 0 Å². The van der Waals surface area contributed by atoms with Crippen LogP contribution < -0.4 is 10.6 Å². The fourth-order valence-electron chi connectivity index (χ4n) is 2.31. The normalized spacial score (nSPS) is 15.5. The summed E-state index contributed by atoms with van der Waals surface area (Å²) >= 11 is 12.0. The molecule has 0 radical (unpaired) electrons. The van der Waals surface area contributed by atoms with Crippen molar-refractivity contribution in [2.75, 3.05) is 19.6 Å². The molecular weight excluding hydrogens is 343 g/mol. The molecular formula is C16H21Cl3N2O. The Balaban J connectivity index is 0.00000242. The average molecular weight is 364 g/mol. The number of rotatable bonds is 5. The molecule has 3 nitrogen and oxygen atoms in total. The Hall–Kier alpha value is -0.740. The Morgan fingerprint density at radius 3 is 2.82 bits per heavy atom. The standard InChI is InChI=1S/C16H20Cl2N2O.ClH/c1-11(8-13-2-3-14(17)9-15(13)18)16(21)20-10-12-4-6-19-7-5-12;/h2-4,9,11,19H,5-8,10H2,1H3,(H,20,21);1H. The van der Waals surface area contributed by atoms with Crippen molar-refractivity contribution in [3.63, 3.8) is 0 Å². The highest BCUT2D eigenvalue weighted by Crippen LogP contribution is 2.23. The van der Waals surface area contributed by atoms with E-state index in [0.717, 1.165) is 25.1 Å². The van der Waals surface area contributed by atoms with Gasteiger partial charge in [0.05, 0.1) is 0 Å². The van der Waals surface area contributed by atoms with E-state index in [0.29, 0.717) is 23.0 Å². The summed E-state index contributed by atoms with van der Waals surface area (Å²) in [5.41, 5.74) is 2.24. The summed E-state index contributed by atoms with van der Waals surface area (Å²) in [6, 6.07) is 5.39. The van der Waals surface area contributed by atoms with Crippen LogP contribution in [0.1, 0.15) is 18.9 Å². The number of carbonyl (C=O) groups excluding carboxylic acids is 1. The molecule has 6 heteroatoms. The van der Waals surface area contributed by atoms with Gasteiger partial charge in [-0.3, -0.25) is 4.79 Å². The molecule has 0 bridgehead atoms. The Labute approximate surface area is 147 Å². The van der Waals surface area contributed by atoms with E-state index in [9.17, 15) is 4.79 Å². The molecule has 1 aliphatic rings. The molecule has 1 aromatic carbocycles. The van der Waals surface area contributed by atoms with Crippen molar-refractivity contribution in [3.05, 3.63) is 45.5 Å². The Bertz CT molecular complexity index is 546. The van der Waals surface area contributed by atoms with E-state index in [1.165, 1.54) is 5.57 Å². The third-order valence-corrected chi connectivity index (χ3v) is 4.22. The molecule has 0 spiro atoms. The molecule has 0 fully saturated rings. The molecule has 2 rings (SSSR count). The number of amides is 1. The van der Waals surface area contributed by atoms with Crippen LogP contribution in [0, 0.1) is 5.92 Å². The van der Waals surface area contributed by atoms with Gasteiger partial charge in [0.2, 0.25) is 5.91 Å². The molecule has 1 amide bonds. The molecule has 0 aromatic heterocycles. The van der Waals surface area contributed by atoms with Crippen LogP contribution in [0.5, 0.6) is 0 Å². The predicted molar refractivity (Wildman–Crippen MR) is 95.2 cm³/mol. The molecule has 1 heterocycles. The predicted octanol–water partition coefficient (Wildman–Crippen LogP) is 3.63. The van der Waals surface area contributed by atoms with E-state index < -0.39 is 0 Å². The van der Waals surface area contributed by atoms with Gasteiger partial charge in [-0.15, -0.1) is 12.4 Å². The van der Waals surface area contributed by atoms with Crippen molar-refractivity contribution in [1.29, 1.82) is 0 Å². The minimum Gasteiger partial charge on any atom is -0.352 e. The molecule has 1 aromatic rings.